The van der Waals surface area contributed by atoms with Crippen LogP contribution in [0.4, 0.5) is 0 Å². The van der Waals surface area contributed by atoms with Crippen LogP contribution in [-0.2, 0) is 0 Å². The lowest BCUT2D eigenvalue weighted by Gasteiger charge is -1.93. The second-order valence-corrected chi connectivity index (χ2v) is 2.72. The third kappa shape index (κ3) is 1.57. The Morgan fingerprint density at radius 3 is 2.22 bits per heavy atom. The maximum Gasteiger partial charge on any atom is 0.212 e. The van der Waals surface area contributed by atoms with Crippen LogP contribution in [0.3, 0.4) is 0 Å². The molecule has 0 atom stereocenters. The molecular weight excluding hydrogens is 229 g/mol. The monoisotopic (exact) mass is 235 g/mol. The van der Waals surface area contributed by atoms with Crippen molar-refractivity contribution in [3.05, 3.63) is 15.2 Å². The van der Waals surface area contributed by atoms with Crippen molar-refractivity contribution in [1.29, 1.82) is 0 Å². The number of rotatable bonds is 0. The second kappa shape index (κ2) is 2.55. The summed E-state index contributed by atoms with van der Waals surface area (Å²) in [5.74, 6) is 0. The van der Waals surface area contributed by atoms with E-state index in [-0.39, 0.29) is 0 Å². The highest BCUT2D eigenvalue weighted by Gasteiger charge is 1.95. The Kier molecular flexibility index (Phi) is 1.94. The Morgan fingerprint density at radius 1 is 1.11 bits per heavy atom. The Balaban J connectivity index is 3.17. The van der Waals surface area contributed by atoms with Crippen LogP contribution in [0.1, 0.15) is 11.4 Å². The van der Waals surface area contributed by atoms with Crippen LogP contribution in [0.2, 0.25) is 0 Å². The zero-order valence-electron chi connectivity index (χ0n) is 5.22. The molecule has 9 heavy (non-hydrogen) atoms. The van der Waals surface area contributed by atoms with Crippen LogP contribution in [0.25, 0.3) is 0 Å². The molecule has 0 saturated heterocycles. The number of aryl methyl sites for hydroxylation is 2. The van der Waals surface area contributed by atoms with E-state index >= 15 is 0 Å². The molecule has 1 aromatic rings. The molecule has 1 rings (SSSR count). The zero-order valence-corrected chi connectivity index (χ0v) is 7.38. The lowest BCUT2D eigenvalue weighted by atomic mass is 10.4. The van der Waals surface area contributed by atoms with Crippen LogP contribution in [-0.4, -0.2) is 15.2 Å². The van der Waals surface area contributed by atoms with Gasteiger partial charge in [0.25, 0.3) is 0 Å². The second-order valence-electron chi connectivity index (χ2n) is 1.75. The molecule has 0 N–H and O–H groups in total. The molecule has 0 spiro atoms. The van der Waals surface area contributed by atoms with Crippen molar-refractivity contribution in [1.82, 2.24) is 15.2 Å². The normalized spacial score (nSPS) is 9.67. The molecule has 0 unspecified atom stereocenters. The number of hydrogen-bond donors (Lipinski definition) is 0. The average Bonchev–Trinajstić information content (AvgIpc) is 1.80. The maximum absolute atomic E-state index is 4.09. The van der Waals surface area contributed by atoms with Crippen molar-refractivity contribution in [2.75, 3.05) is 0 Å². The summed E-state index contributed by atoms with van der Waals surface area (Å²) >= 11 is 2.04. The lowest BCUT2D eigenvalue weighted by molar-refractivity contribution is 0.864. The predicted octanol–water partition coefficient (Wildman–Crippen LogP) is 1.09. The largest absolute Gasteiger partial charge is 0.225 e. The van der Waals surface area contributed by atoms with E-state index in [2.05, 4.69) is 15.2 Å². The average molecular weight is 235 g/mol. The van der Waals surface area contributed by atoms with Crippen LogP contribution >= 0.6 is 22.6 Å². The van der Waals surface area contributed by atoms with E-state index in [0.29, 0.717) is 3.83 Å². The highest BCUT2D eigenvalue weighted by atomic mass is 127. The summed E-state index contributed by atoms with van der Waals surface area (Å²) in [6.07, 6.45) is 0. The van der Waals surface area contributed by atoms with Gasteiger partial charge in [-0.2, -0.15) is 5.10 Å². The van der Waals surface area contributed by atoms with Crippen LogP contribution in [0.15, 0.2) is 0 Å². The topological polar surface area (TPSA) is 38.7 Å². The lowest BCUT2D eigenvalue weighted by Crippen LogP contribution is -1.97. The van der Waals surface area contributed by atoms with Gasteiger partial charge < -0.3 is 0 Å². The Morgan fingerprint density at radius 2 is 1.78 bits per heavy atom. The molecule has 1 heterocycles. The summed E-state index contributed by atoms with van der Waals surface area (Å²) in [6.45, 7) is 3.82. The van der Waals surface area contributed by atoms with Gasteiger partial charge in [-0.3, -0.25) is 0 Å². The summed E-state index contributed by atoms with van der Waals surface area (Å²) in [5.41, 5.74) is 1.85. The zero-order chi connectivity index (χ0) is 6.85. The van der Waals surface area contributed by atoms with E-state index in [1.54, 1.807) is 0 Å². The van der Waals surface area contributed by atoms with Gasteiger partial charge >= 0.3 is 0 Å². The fourth-order valence-corrected chi connectivity index (χ4v) is 0.900. The minimum Gasteiger partial charge on any atom is -0.225 e. The van der Waals surface area contributed by atoms with E-state index in [1.807, 2.05) is 36.4 Å². The molecule has 4 heteroatoms. The number of halogens is 1. The van der Waals surface area contributed by atoms with Crippen LogP contribution in [0, 0.1) is 17.7 Å². The quantitative estimate of drug-likeness (QED) is 0.632. The fraction of sp³-hybridized carbons (Fsp3) is 0.400. The first-order valence-electron chi connectivity index (χ1n) is 2.53. The molecule has 48 valence electrons. The first-order valence-corrected chi connectivity index (χ1v) is 3.61. The Hall–Kier alpha value is -0.260. The van der Waals surface area contributed by atoms with Crippen molar-refractivity contribution in [3.63, 3.8) is 0 Å². The van der Waals surface area contributed by atoms with Gasteiger partial charge in [-0.15, -0.1) is 5.10 Å². The summed E-state index contributed by atoms with van der Waals surface area (Å²) in [7, 11) is 0. The molecule has 0 amide bonds. The fourth-order valence-electron chi connectivity index (χ4n) is 0.430. The van der Waals surface area contributed by atoms with Crippen molar-refractivity contribution >= 4 is 22.6 Å². The molecule has 0 aromatic carbocycles. The molecule has 0 aliphatic heterocycles. The van der Waals surface area contributed by atoms with E-state index in [0.717, 1.165) is 11.4 Å². The van der Waals surface area contributed by atoms with E-state index in [4.69, 9.17) is 0 Å². The third-order valence-electron chi connectivity index (χ3n) is 1.07. The molecule has 1 aromatic heterocycles. The van der Waals surface area contributed by atoms with Gasteiger partial charge in [0.05, 0.1) is 11.4 Å². The smallest absolute Gasteiger partial charge is 0.212 e. The van der Waals surface area contributed by atoms with Gasteiger partial charge in [-0.05, 0) is 13.8 Å². The minimum atomic E-state index is 0.704. The van der Waals surface area contributed by atoms with Gasteiger partial charge in [-0.25, -0.2) is 4.98 Å². The molecular formula is C5H6IN3. The van der Waals surface area contributed by atoms with Crippen LogP contribution < -0.4 is 0 Å². The highest BCUT2D eigenvalue weighted by Crippen LogP contribution is 1.98. The third-order valence-corrected chi connectivity index (χ3v) is 1.52. The summed E-state index contributed by atoms with van der Waals surface area (Å²) < 4.78 is 0.704. The van der Waals surface area contributed by atoms with E-state index < -0.39 is 0 Å². The Labute approximate surface area is 67.1 Å². The van der Waals surface area contributed by atoms with Gasteiger partial charge in [0, 0.05) is 22.6 Å². The summed E-state index contributed by atoms with van der Waals surface area (Å²) in [6, 6.07) is 0. The first-order chi connectivity index (χ1) is 4.20. The molecule has 3 nitrogen and oxygen atoms in total. The highest BCUT2D eigenvalue weighted by molar-refractivity contribution is 14.1. The van der Waals surface area contributed by atoms with Crippen molar-refractivity contribution in [2.24, 2.45) is 0 Å². The molecule has 0 aliphatic rings. The van der Waals surface area contributed by atoms with E-state index in [9.17, 15) is 0 Å². The number of hydrogen-bond acceptors (Lipinski definition) is 3. The van der Waals surface area contributed by atoms with Gasteiger partial charge in [0.1, 0.15) is 0 Å². The Bertz CT molecular complexity index is 223. The molecule has 0 bridgehead atoms. The van der Waals surface area contributed by atoms with Gasteiger partial charge in [-0.1, -0.05) is 0 Å². The van der Waals surface area contributed by atoms with Crippen molar-refractivity contribution in [2.45, 2.75) is 13.8 Å². The van der Waals surface area contributed by atoms with E-state index in [1.165, 1.54) is 0 Å². The molecule has 0 fully saturated rings. The maximum atomic E-state index is 4.09. The van der Waals surface area contributed by atoms with Gasteiger partial charge in [0.15, 0.2) is 0 Å². The number of nitrogens with zero attached hydrogens (tertiary/aromatic N) is 3. The molecule has 0 radical (unpaired) electrons. The van der Waals surface area contributed by atoms with Crippen LogP contribution in [0.5, 0.6) is 0 Å². The standard InChI is InChI=1S/C5H6IN3/c1-3-4(2)8-9-5(6)7-3/h1-2H3. The summed E-state index contributed by atoms with van der Waals surface area (Å²) in [5, 5.41) is 7.62. The minimum absolute atomic E-state index is 0.704. The van der Waals surface area contributed by atoms with Crippen molar-refractivity contribution < 1.29 is 0 Å². The van der Waals surface area contributed by atoms with Gasteiger partial charge in [0.2, 0.25) is 3.83 Å². The molecule has 0 aliphatic carbocycles. The number of aromatic nitrogens is 3. The first kappa shape index (κ1) is 6.85. The van der Waals surface area contributed by atoms with Crippen molar-refractivity contribution in [3.8, 4) is 0 Å². The summed E-state index contributed by atoms with van der Waals surface area (Å²) in [4.78, 5) is 4.09. The predicted molar refractivity (Wildman–Crippen MR) is 42.0 cm³/mol. The SMILES string of the molecule is Cc1nnc(I)nc1C. The molecule has 0 saturated carbocycles.